The molecule has 0 fully saturated rings. The molecular formula is C21H40OSi. The molecule has 0 rings (SSSR count). The van der Waals surface area contributed by atoms with Crippen molar-refractivity contribution in [3.63, 3.8) is 0 Å². The first-order valence-corrected chi connectivity index (χ1v) is 12.4. The molecule has 0 saturated heterocycles. The molecule has 0 unspecified atom stereocenters. The molecule has 0 radical (unpaired) electrons. The fraction of sp³-hybridized carbons (Fsp3) is 0.714. The summed E-state index contributed by atoms with van der Waals surface area (Å²) in [6.45, 7) is 17.8. The zero-order chi connectivity index (χ0) is 17.9. The van der Waals surface area contributed by atoms with E-state index in [4.69, 9.17) is 4.43 Å². The number of rotatable bonds is 11. The Kier molecular flexibility index (Phi) is 11.5. The molecule has 0 spiro atoms. The lowest BCUT2D eigenvalue weighted by Gasteiger charge is -2.25. The Morgan fingerprint density at radius 3 is 1.78 bits per heavy atom. The second-order valence-electron chi connectivity index (χ2n) is 7.92. The highest BCUT2D eigenvalue weighted by Gasteiger charge is 2.22. The first kappa shape index (κ1) is 22.4. The highest BCUT2D eigenvalue weighted by Crippen LogP contribution is 2.18. The van der Waals surface area contributed by atoms with Crippen molar-refractivity contribution in [3.8, 4) is 0 Å². The van der Waals surface area contributed by atoms with E-state index in [-0.39, 0.29) is 0 Å². The molecule has 0 saturated carbocycles. The molecule has 1 nitrogen and oxygen atoms in total. The summed E-state index contributed by atoms with van der Waals surface area (Å²) in [6, 6.07) is 1.22. The number of hydrogen-bond donors (Lipinski definition) is 0. The van der Waals surface area contributed by atoms with Crippen LogP contribution in [0.3, 0.4) is 0 Å². The maximum atomic E-state index is 6.08. The van der Waals surface area contributed by atoms with Gasteiger partial charge in [0.25, 0.3) is 0 Å². The van der Waals surface area contributed by atoms with Crippen molar-refractivity contribution in [1.29, 1.82) is 0 Å². The van der Waals surface area contributed by atoms with Gasteiger partial charge in [-0.2, -0.15) is 0 Å². The molecule has 0 aromatic rings. The van der Waals surface area contributed by atoms with Crippen LogP contribution < -0.4 is 0 Å². The van der Waals surface area contributed by atoms with E-state index in [9.17, 15) is 0 Å². The van der Waals surface area contributed by atoms with Gasteiger partial charge >= 0.3 is 0 Å². The second-order valence-corrected chi connectivity index (χ2v) is 12.2. The number of hydrogen-bond acceptors (Lipinski definition) is 1. The van der Waals surface area contributed by atoms with Gasteiger partial charge < -0.3 is 4.43 Å². The van der Waals surface area contributed by atoms with E-state index in [0.717, 1.165) is 0 Å². The van der Waals surface area contributed by atoms with Gasteiger partial charge in [0.15, 0.2) is 8.32 Å². The molecule has 0 bridgehead atoms. The average Bonchev–Trinajstić information content (AvgIpc) is 2.36. The molecule has 0 aliphatic rings. The smallest absolute Gasteiger partial charge is 0.187 e. The molecule has 0 heterocycles. The summed E-state index contributed by atoms with van der Waals surface area (Å²) in [5, 5.41) is 0. The Hall–Kier alpha value is -0.603. The fourth-order valence-corrected chi connectivity index (χ4v) is 4.94. The van der Waals surface area contributed by atoms with Crippen molar-refractivity contribution >= 4 is 8.32 Å². The Balaban J connectivity index is 4.05. The first-order chi connectivity index (χ1) is 10.6. The van der Waals surface area contributed by atoms with E-state index >= 15 is 0 Å². The lowest BCUT2D eigenvalue weighted by atomic mass is 10.1. The minimum atomic E-state index is -1.47. The standard InChI is InChI=1S/C21H40OSi/c1-18(2)12-9-13-20(5)14-10-15-21(6)16-11-17-23(7,8)22-19(3)4/h12,14,16,19H,9-11,13,15,17H2,1-8H3/b20-14+,21-16+. The quantitative estimate of drug-likeness (QED) is 0.281. The summed E-state index contributed by atoms with van der Waals surface area (Å²) < 4.78 is 6.08. The molecule has 0 atom stereocenters. The van der Waals surface area contributed by atoms with Gasteiger partial charge in [-0.15, -0.1) is 0 Å². The third kappa shape index (κ3) is 14.7. The predicted molar refractivity (Wildman–Crippen MR) is 109 cm³/mol. The SMILES string of the molecule is CC(C)=CCC/C(C)=C/CC/C(C)=C/CC[Si](C)(C)OC(C)C. The van der Waals surface area contributed by atoms with Crippen LogP contribution in [-0.4, -0.2) is 14.4 Å². The van der Waals surface area contributed by atoms with E-state index in [0.29, 0.717) is 6.10 Å². The van der Waals surface area contributed by atoms with Crippen LogP contribution in [0.1, 0.15) is 73.6 Å². The molecule has 134 valence electrons. The number of allylic oxidation sites excluding steroid dienone is 6. The van der Waals surface area contributed by atoms with Crippen LogP contribution in [0.15, 0.2) is 34.9 Å². The lowest BCUT2D eigenvalue weighted by Crippen LogP contribution is -2.32. The van der Waals surface area contributed by atoms with Crippen molar-refractivity contribution in [2.75, 3.05) is 0 Å². The summed E-state index contributed by atoms with van der Waals surface area (Å²) in [6.07, 6.45) is 13.4. The van der Waals surface area contributed by atoms with E-state index in [1.165, 1.54) is 54.9 Å². The van der Waals surface area contributed by atoms with E-state index in [1.54, 1.807) is 0 Å². The summed E-state index contributed by atoms with van der Waals surface area (Å²) in [4.78, 5) is 0. The Bertz CT molecular complexity index is 410. The zero-order valence-electron chi connectivity index (χ0n) is 17.0. The van der Waals surface area contributed by atoms with E-state index in [1.807, 2.05) is 0 Å². The maximum absolute atomic E-state index is 6.08. The topological polar surface area (TPSA) is 9.23 Å². The van der Waals surface area contributed by atoms with Gasteiger partial charge in [-0.05, 0) is 92.8 Å². The monoisotopic (exact) mass is 336 g/mol. The van der Waals surface area contributed by atoms with Crippen LogP contribution in [0.25, 0.3) is 0 Å². The molecule has 0 N–H and O–H groups in total. The predicted octanol–water partition coefficient (Wildman–Crippen LogP) is 7.43. The minimum Gasteiger partial charge on any atom is -0.415 e. The summed E-state index contributed by atoms with van der Waals surface area (Å²) in [5.74, 6) is 0. The molecule has 0 aliphatic carbocycles. The molecule has 0 aromatic carbocycles. The van der Waals surface area contributed by atoms with Crippen molar-refractivity contribution in [2.45, 2.75) is 98.9 Å². The van der Waals surface area contributed by atoms with Crippen molar-refractivity contribution < 1.29 is 4.43 Å². The van der Waals surface area contributed by atoms with Crippen molar-refractivity contribution in [1.82, 2.24) is 0 Å². The Labute approximate surface area is 147 Å². The third-order valence-corrected chi connectivity index (χ3v) is 6.52. The highest BCUT2D eigenvalue weighted by atomic mass is 28.4. The Morgan fingerprint density at radius 2 is 1.30 bits per heavy atom. The molecule has 2 heteroatoms. The van der Waals surface area contributed by atoms with Crippen LogP contribution in [0.4, 0.5) is 0 Å². The second kappa shape index (κ2) is 11.9. The Morgan fingerprint density at radius 1 is 0.826 bits per heavy atom. The van der Waals surface area contributed by atoms with Crippen LogP contribution in [0, 0.1) is 0 Å². The van der Waals surface area contributed by atoms with Crippen LogP contribution in [-0.2, 0) is 4.43 Å². The summed E-state index contributed by atoms with van der Waals surface area (Å²) >= 11 is 0. The average molecular weight is 337 g/mol. The zero-order valence-corrected chi connectivity index (χ0v) is 18.0. The van der Waals surface area contributed by atoms with Crippen LogP contribution in [0.2, 0.25) is 19.1 Å². The third-order valence-electron chi connectivity index (χ3n) is 3.92. The lowest BCUT2D eigenvalue weighted by molar-refractivity contribution is 0.231. The van der Waals surface area contributed by atoms with Crippen molar-refractivity contribution in [3.05, 3.63) is 34.9 Å². The maximum Gasteiger partial charge on any atom is 0.187 e. The largest absolute Gasteiger partial charge is 0.415 e. The molecule has 0 aliphatic heterocycles. The van der Waals surface area contributed by atoms with Crippen LogP contribution in [0.5, 0.6) is 0 Å². The van der Waals surface area contributed by atoms with Gasteiger partial charge in [-0.25, -0.2) is 0 Å². The summed E-state index contributed by atoms with van der Waals surface area (Å²) in [5.41, 5.74) is 4.46. The highest BCUT2D eigenvalue weighted by molar-refractivity contribution is 6.71. The van der Waals surface area contributed by atoms with Gasteiger partial charge in [0, 0.05) is 6.10 Å². The van der Waals surface area contributed by atoms with Gasteiger partial charge in [0.2, 0.25) is 0 Å². The van der Waals surface area contributed by atoms with Gasteiger partial charge in [-0.3, -0.25) is 0 Å². The van der Waals surface area contributed by atoms with Gasteiger partial charge in [0.1, 0.15) is 0 Å². The van der Waals surface area contributed by atoms with Gasteiger partial charge in [-0.1, -0.05) is 34.9 Å². The van der Waals surface area contributed by atoms with E-state index < -0.39 is 8.32 Å². The van der Waals surface area contributed by atoms with Crippen molar-refractivity contribution in [2.24, 2.45) is 0 Å². The summed E-state index contributed by atoms with van der Waals surface area (Å²) in [7, 11) is -1.47. The van der Waals surface area contributed by atoms with E-state index in [2.05, 4.69) is 72.9 Å². The minimum absolute atomic E-state index is 0.362. The first-order valence-electron chi connectivity index (χ1n) is 9.25. The normalized spacial score (nSPS) is 13.6. The van der Waals surface area contributed by atoms with Crippen LogP contribution >= 0.6 is 0 Å². The molecule has 0 aromatic heterocycles. The van der Waals surface area contributed by atoms with Gasteiger partial charge in [0.05, 0.1) is 0 Å². The molecule has 23 heavy (non-hydrogen) atoms. The molecular weight excluding hydrogens is 296 g/mol. The molecule has 0 amide bonds. The fourth-order valence-electron chi connectivity index (χ4n) is 2.70.